The maximum absolute atomic E-state index is 12.0. The van der Waals surface area contributed by atoms with Crippen molar-refractivity contribution in [1.29, 1.82) is 0 Å². The van der Waals surface area contributed by atoms with Gasteiger partial charge in [0, 0.05) is 40.9 Å². The molecule has 5 aromatic rings. The van der Waals surface area contributed by atoms with Gasteiger partial charge in [-0.15, -0.1) is 0 Å². The second-order valence-corrected chi connectivity index (χ2v) is 13.0. The van der Waals surface area contributed by atoms with Crippen LogP contribution in [-0.4, -0.2) is 41.9 Å². The van der Waals surface area contributed by atoms with E-state index in [9.17, 15) is 4.79 Å². The summed E-state index contributed by atoms with van der Waals surface area (Å²) in [6.07, 6.45) is 3.99. The van der Waals surface area contributed by atoms with Crippen molar-refractivity contribution in [3.63, 3.8) is 0 Å². The van der Waals surface area contributed by atoms with Crippen LogP contribution in [0.4, 0.5) is 0 Å². The molecule has 0 aliphatic heterocycles. The molecule has 0 saturated heterocycles. The Balaban J connectivity index is 0.000000354. The van der Waals surface area contributed by atoms with E-state index >= 15 is 0 Å². The van der Waals surface area contributed by atoms with Crippen LogP contribution in [0.3, 0.4) is 0 Å². The van der Waals surface area contributed by atoms with Crippen LogP contribution in [0.1, 0.15) is 123 Å². The molecule has 296 valence electrons. The van der Waals surface area contributed by atoms with E-state index in [1.54, 1.807) is 18.2 Å². The summed E-state index contributed by atoms with van der Waals surface area (Å²) in [5.41, 5.74) is 10.8. The van der Waals surface area contributed by atoms with Gasteiger partial charge in [-0.25, -0.2) is 14.8 Å². The molecule has 2 saturated carbocycles. The summed E-state index contributed by atoms with van der Waals surface area (Å²) < 4.78 is 17.2. The summed E-state index contributed by atoms with van der Waals surface area (Å²) in [5, 5.41) is 7.76. The summed E-state index contributed by atoms with van der Waals surface area (Å²) in [6, 6.07) is 18.6. The number of oxime groups is 1. The van der Waals surface area contributed by atoms with Gasteiger partial charge in [0.1, 0.15) is 29.7 Å². The molecule has 2 aliphatic rings. The fourth-order valence-electron chi connectivity index (χ4n) is 5.23. The first kappa shape index (κ1) is 46.1. The van der Waals surface area contributed by atoms with Gasteiger partial charge in [-0.1, -0.05) is 49.4 Å². The zero-order chi connectivity index (χ0) is 36.1. The van der Waals surface area contributed by atoms with Crippen molar-refractivity contribution in [3.8, 4) is 23.2 Å². The molecule has 15 heteroatoms. The zero-order valence-electron chi connectivity index (χ0n) is 30.7. The van der Waals surface area contributed by atoms with E-state index in [2.05, 4.69) is 35.2 Å². The molecule has 7 rings (SSSR count). The van der Waals surface area contributed by atoms with Crippen molar-refractivity contribution < 1.29 is 23.6 Å². The highest BCUT2D eigenvalue weighted by atomic mass is 32.1. The van der Waals surface area contributed by atoms with Crippen LogP contribution in [0.25, 0.3) is 11.5 Å². The number of carbonyl (C=O) groups is 1. The predicted octanol–water partition coefficient (Wildman–Crippen LogP) is 8.73. The molecule has 55 heavy (non-hydrogen) atoms. The largest absolute Gasteiger partial charge is 0.470 e. The molecule has 2 atom stereocenters. The molecule has 3 aromatic heterocycles. The van der Waals surface area contributed by atoms with E-state index in [1.165, 1.54) is 0 Å². The van der Waals surface area contributed by atoms with Gasteiger partial charge in [0.25, 0.3) is 5.89 Å². The van der Waals surface area contributed by atoms with Crippen molar-refractivity contribution in [3.05, 3.63) is 106 Å². The van der Waals surface area contributed by atoms with Gasteiger partial charge in [0.05, 0.1) is 5.56 Å². The van der Waals surface area contributed by atoms with Gasteiger partial charge in [0.15, 0.2) is 5.82 Å². The molecule has 2 aliphatic carbocycles. The van der Waals surface area contributed by atoms with Crippen LogP contribution in [0.2, 0.25) is 0 Å². The number of aromatic nitrogens is 6. The van der Waals surface area contributed by atoms with Crippen molar-refractivity contribution in [2.45, 2.75) is 100 Å². The monoisotopic (exact) mass is 790 g/mol. The second-order valence-electron chi connectivity index (χ2n) is 13.0. The van der Waals surface area contributed by atoms with Crippen LogP contribution >= 0.6 is 27.0 Å². The Hall–Kier alpha value is -5.02. The van der Waals surface area contributed by atoms with E-state index in [0.717, 1.165) is 59.6 Å². The molecule has 0 unspecified atom stereocenters. The van der Waals surface area contributed by atoms with Crippen molar-refractivity contribution in [2.75, 3.05) is 0 Å². The fourth-order valence-corrected chi connectivity index (χ4v) is 5.23. The van der Waals surface area contributed by atoms with Gasteiger partial charge < -0.3 is 24.6 Å². The molecule has 2 fully saturated rings. The minimum atomic E-state index is -0.532. The second kappa shape index (κ2) is 20.6. The number of benzene rings is 2. The van der Waals surface area contributed by atoms with Crippen LogP contribution < -0.4 is 15.2 Å². The highest BCUT2D eigenvalue weighted by Crippen LogP contribution is 2.39. The smallest absolute Gasteiger partial charge is 0.365 e. The average molecular weight is 791 g/mol. The molecule has 2 N–H and O–H groups in total. The third-order valence-corrected chi connectivity index (χ3v) is 8.34. The lowest BCUT2D eigenvalue weighted by Crippen LogP contribution is -2.15. The lowest BCUT2D eigenvalue weighted by atomic mass is 10.1. The molecule has 0 bridgehead atoms. The molecule has 13 nitrogen and oxygen atoms in total. The van der Waals surface area contributed by atoms with Gasteiger partial charge in [-0.3, -0.25) is 0 Å². The first-order valence-electron chi connectivity index (χ1n) is 17.1. The van der Waals surface area contributed by atoms with Crippen molar-refractivity contribution >= 4 is 38.8 Å². The third-order valence-electron chi connectivity index (χ3n) is 8.34. The average Bonchev–Trinajstić information content (AvgIpc) is 4.05. The number of hydrogen-bond acceptors (Lipinski definition) is 12. The number of ether oxygens (including phenoxy) is 2. The van der Waals surface area contributed by atoms with E-state index in [1.807, 2.05) is 84.0 Å². The normalized spacial score (nSPS) is 14.2. The molecule has 0 radical (unpaired) electrons. The Morgan fingerprint density at radius 2 is 1.24 bits per heavy atom. The number of amidine groups is 1. The maximum Gasteiger partial charge on any atom is 0.365 e. The minimum Gasteiger partial charge on any atom is -0.470 e. The predicted molar refractivity (Wildman–Crippen MR) is 223 cm³/mol. The molecular weight excluding hydrogens is 737 g/mol. The fraction of sp³-hybridized carbons (Fsp3) is 0.400. The van der Waals surface area contributed by atoms with Gasteiger partial charge >= 0.3 is 5.97 Å². The summed E-state index contributed by atoms with van der Waals surface area (Å²) >= 11 is 0. The maximum atomic E-state index is 12.0. The number of carbonyl (C=O) groups excluding carboxylic acids is 1. The Kier molecular flexibility index (Phi) is 17.3. The molecule has 3 heterocycles. The summed E-state index contributed by atoms with van der Waals surface area (Å²) in [5.74, 6) is 4.49. The minimum absolute atomic E-state index is 0. The first-order valence-corrected chi connectivity index (χ1v) is 17.1. The Bertz CT molecular complexity index is 1980. The van der Waals surface area contributed by atoms with E-state index in [0.29, 0.717) is 46.6 Å². The topological polar surface area (TPSA) is 174 Å². The number of nitrogens with zero attached hydrogens (tertiary/aromatic N) is 7. The molecule has 2 aromatic carbocycles. The first-order chi connectivity index (χ1) is 24.5. The SMILES string of the molecule is C.C.Cc1cc(O[C@@H](C)c2ccc(-c3nc(C4CC4)no3)cc2)nc(C)n1.Cc1cc(O[C@@H](C)c2ccc(C(=O)O/N=C(\N)C3CC3)cc2)nc(C)n1.S.S. The van der Waals surface area contributed by atoms with E-state index < -0.39 is 5.97 Å². The van der Waals surface area contributed by atoms with E-state index in [-0.39, 0.29) is 60.0 Å². The molecule has 0 spiro atoms. The third kappa shape index (κ3) is 13.1. The van der Waals surface area contributed by atoms with Crippen LogP contribution in [-0.2, 0) is 4.84 Å². The van der Waals surface area contributed by atoms with Crippen molar-refractivity contribution in [2.24, 2.45) is 16.8 Å². The lowest BCUT2D eigenvalue weighted by molar-refractivity contribution is 0.0514. The lowest BCUT2D eigenvalue weighted by Gasteiger charge is -2.15. The Morgan fingerprint density at radius 3 is 1.69 bits per heavy atom. The summed E-state index contributed by atoms with van der Waals surface area (Å²) in [4.78, 5) is 38.5. The molecular formula is C40H54N8O5S2. The summed E-state index contributed by atoms with van der Waals surface area (Å²) in [7, 11) is 0. The highest BCUT2D eigenvalue weighted by molar-refractivity contribution is 7.59. The Morgan fingerprint density at radius 1 is 0.745 bits per heavy atom. The number of aryl methyl sites for hydroxylation is 4. The summed E-state index contributed by atoms with van der Waals surface area (Å²) in [6.45, 7) is 11.4. The van der Waals surface area contributed by atoms with Gasteiger partial charge in [-0.05, 0) is 103 Å². The number of nitrogens with two attached hydrogens (primary N) is 1. The number of hydrogen-bond donors (Lipinski definition) is 1. The molecule has 0 amide bonds. The van der Waals surface area contributed by atoms with Crippen LogP contribution in [0.15, 0.2) is 70.3 Å². The van der Waals surface area contributed by atoms with Crippen LogP contribution in [0, 0.1) is 33.6 Å². The standard InChI is InChI=1S/C19H22N4O3.C19H20N4O2.2CH4.2H2S/c1-11-10-17(22-13(3)21-11)25-12(2)14-4-8-16(9-5-14)19(24)26-23-18(20)15-6-7-15;1-11-10-17(21-13(3)20-11)24-12(2)14-4-8-16(9-5-14)19-22-18(23-25-19)15-6-7-15;;;;/h4-5,8-10,12,15H,6-7H2,1-3H3,(H2,20,23);4-5,8-10,12,15H,6-7H2,1-3H3;2*1H4;2*1H2/t2*12-;;;;/m00..../s1. The van der Waals surface area contributed by atoms with Gasteiger partial charge in [-0.2, -0.15) is 41.9 Å². The van der Waals surface area contributed by atoms with Gasteiger partial charge in [0.2, 0.25) is 11.8 Å². The Labute approximate surface area is 337 Å². The number of rotatable bonds is 11. The highest BCUT2D eigenvalue weighted by Gasteiger charge is 2.29. The van der Waals surface area contributed by atoms with E-state index in [4.69, 9.17) is 24.6 Å². The van der Waals surface area contributed by atoms with Crippen LogP contribution in [0.5, 0.6) is 11.8 Å². The zero-order valence-corrected chi connectivity index (χ0v) is 32.7. The van der Waals surface area contributed by atoms with Crippen molar-refractivity contribution in [1.82, 2.24) is 30.1 Å². The quantitative estimate of drug-likeness (QED) is 0.0584.